The Labute approximate surface area is 130 Å². The topological polar surface area (TPSA) is 50.4 Å². The van der Waals surface area contributed by atoms with Gasteiger partial charge in [-0.05, 0) is 42.5 Å². The fraction of sp³-hybridized carbons (Fsp3) is 0.133. The van der Waals surface area contributed by atoms with Crippen molar-refractivity contribution in [2.24, 2.45) is 0 Å². The third-order valence-electron chi connectivity index (χ3n) is 2.55. The Hall–Kier alpha value is -2.08. The van der Waals surface area contributed by atoms with Gasteiger partial charge in [0.15, 0.2) is 0 Å². The van der Waals surface area contributed by atoms with Crippen LogP contribution in [0.1, 0.15) is 0 Å². The van der Waals surface area contributed by atoms with Crippen molar-refractivity contribution in [1.82, 2.24) is 5.32 Å². The summed E-state index contributed by atoms with van der Waals surface area (Å²) in [7, 11) is 0. The molecule has 0 atom stereocenters. The second kappa shape index (κ2) is 7.64. The fourth-order valence-corrected chi connectivity index (χ4v) is 2.01. The molecule has 21 heavy (non-hydrogen) atoms. The molecule has 6 heteroatoms. The lowest BCUT2D eigenvalue weighted by Crippen LogP contribution is -2.32. The molecule has 0 fully saturated rings. The molecule has 0 aliphatic heterocycles. The Bertz CT molecular complexity index is 605. The first-order valence-electron chi connectivity index (χ1n) is 6.32. The van der Waals surface area contributed by atoms with Crippen molar-refractivity contribution in [1.29, 1.82) is 0 Å². The van der Waals surface area contributed by atoms with E-state index >= 15 is 0 Å². The van der Waals surface area contributed by atoms with Gasteiger partial charge < -0.3 is 15.4 Å². The van der Waals surface area contributed by atoms with E-state index in [2.05, 4.69) is 26.6 Å². The van der Waals surface area contributed by atoms with Crippen LogP contribution in [0.5, 0.6) is 5.75 Å². The van der Waals surface area contributed by atoms with Gasteiger partial charge in [-0.3, -0.25) is 0 Å². The molecule has 2 aromatic carbocycles. The number of ether oxygens (including phenoxy) is 1. The average Bonchev–Trinajstić information content (AvgIpc) is 2.45. The first-order valence-corrected chi connectivity index (χ1v) is 7.11. The van der Waals surface area contributed by atoms with Crippen molar-refractivity contribution in [2.75, 3.05) is 18.5 Å². The SMILES string of the molecule is O=C(NCCOc1ccc(F)cc1)Nc1cccc(Br)c1. The maximum absolute atomic E-state index is 12.7. The summed E-state index contributed by atoms with van der Waals surface area (Å²) in [5.74, 6) is 0.250. The van der Waals surface area contributed by atoms with E-state index in [-0.39, 0.29) is 11.8 Å². The van der Waals surface area contributed by atoms with E-state index in [1.54, 1.807) is 12.1 Å². The first kappa shape index (κ1) is 15.3. The molecule has 0 aromatic heterocycles. The van der Waals surface area contributed by atoms with E-state index in [0.29, 0.717) is 24.6 Å². The second-order valence-corrected chi connectivity index (χ2v) is 5.11. The van der Waals surface area contributed by atoms with Gasteiger partial charge in [-0.2, -0.15) is 0 Å². The molecule has 0 radical (unpaired) electrons. The van der Waals surface area contributed by atoms with E-state index < -0.39 is 0 Å². The molecule has 4 nitrogen and oxygen atoms in total. The average molecular weight is 353 g/mol. The molecular weight excluding hydrogens is 339 g/mol. The maximum atomic E-state index is 12.7. The summed E-state index contributed by atoms with van der Waals surface area (Å²) in [6.45, 7) is 0.648. The number of hydrogen-bond acceptors (Lipinski definition) is 2. The molecule has 0 heterocycles. The minimum Gasteiger partial charge on any atom is -0.492 e. The lowest BCUT2D eigenvalue weighted by molar-refractivity contribution is 0.247. The van der Waals surface area contributed by atoms with Crippen molar-refractivity contribution >= 4 is 27.6 Å². The quantitative estimate of drug-likeness (QED) is 0.804. The van der Waals surface area contributed by atoms with Crippen LogP contribution in [0.15, 0.2) is 53.0 Å². The molecule has 0 bridgehead atoms. The third kappa shape index (κ3) is 5.43. The van der Waals surface area contributed by atoms with Crippen LogP contribution < -0.4 is 15.4 Å². The number of carbonyl (C=O) groups excluding carboxylic acids is 1. The molecule has 2 rings (SSSR count). The molecule has 110 valence electrons. The van der Waals surface area contributed by atoms with Crippen LogP contribution in [-0.4, -0.2) is 19.2 Å². The predicted octanol–water partition coefficient (Wildman–Crippen LogP) is 3.79. The summed E-state index contributed by atoms with van der Waals surface area (Å²) in [6.07, 6.45) is 0. The number of nitrogens with one attached hydrogen (secondary N) is 2. The van der Waals surface area contributed by atoms with Gasteiger partial charge in [0.05, 0.1) is 6.54 Å². The van der Waals surface area contributed by atoms with E-state index in [1.807, 2.05) is 12.1 Å². The zero-order chi connectivity index (χ0) is 15.1. The normalized spacial score (nSPS) is 10.0. The number of amides is 2. The third-order valence-corrected chi connectivity index (χ3v) is 3.05. The van der Waals surface area contributed by atoms with E-state index in [0.717, 1.165) is 4.47 Å². The van der Waals surface area contributed by atoms with Crippen molar-refractivity contribution in [3.63, 3.8) is 0 Å². The minimum atomic E-state index is -0.311. The molecule has 2 N–H and O–H groups in total. The van der Waals surface area contributed by atoms with Gasteiger partial charge in [-0.25, -0.2) is 9.18 Å². The van der Waals surface area contributed by atoms with Crippen molar-refractivity contribution < 1.29 is 13.9 Å². The summed E-state index contributed by atoms with van der Waals surface area (Å²) < 4.78 is 18.9. The van der Waals surface area contributed by atoms with Crippen molar-refractivity contribution in [3.05, 3.63) is 58.8 Å². The van der Waals surface area contributed by atoms with Gasteiger partial charge in [-0.15, -0.1) is 0 Å². The van der Waals surface area contributed by atoms with Gasteiger partial charge in [0.25, 0.3) is 0 Å². The van der Waals surface area contributed by atoms with Gasteiger partial charge in [-0.1, -0.05) is 22.0 Å². The molecule has 0 aliphatic rings. The lowest BCUT2D eigenvalue weighted by Gasteiger charge is -2.09. The number of halogens is 2. The molecule has 0 aliphatic carbocycles. The summed E-state index contributed by atoms with van der Waals surface area (Å²) in [6, 6.07) is 12.7. The van der Waals surface area contributed by atoms with Gasteiger partial charge in [0.2, 0.25) is 0 Å². The number of hydrogen-bond donors (Lipinski definition) is 2. The minimum absolute atomic E-state index is 0.303. The highest BCUT2D eigenvalue weighted by Gasteiger charge is 2.01. The highest BCUT2D eigenvalue weighted by Crippen LogP contribution is 2.15. The van der Waals surface area contributed by atoms with Crippen LogP contribution >= 0.6 is 15.9 Å². The molecule has 2 amide bonds. The number of urea groups is 1. The number of carbonyl (C=O) groups is 1. The Morgan fingerprint density at radius 2 is 1.95 bits per heavy atom. The number of anilines is 1. The predicted molar refractivity (Wildman–Crippen MR) is 83.1 cm³/mol. The van der Waals surface area contributed by atoms with E-state index in [9.17, 15) is 9.18 Å². The summed E-state index contributed by atoms with van der Waals surface area (Å²) in [5.41, 5.74) is 0.696. The summed E-state index contributed by atoms with van der Waals surface area (Å²) in [5, 5.41) is 5.37. The van der Waals surface area contributed by atoms with E-state index in [4.69, 9.17) is 4.74 Å². The molecule has 0 saturated heterocycles. The Morgan fingerprint density at radius 1 is 1.19 bits per heavy atom. The Morgan fingerprint density at radius 3 is 2.67 bits per heavy atom. The second-order valence-electron chi connectivity index (χ2n) is 4.19. The standard InChI is InChI=1S/C15H14BrFN2O2/c16-11-2-1-3-13(10-11)19-15(20)18-8-9-21-14-6-4-12(17)5-7-14/h1-7,10H,8-9H2,(H2,18,19,20). The molecule has 0 unspecified atom stereocenters. The van der Waals surface area contributed by atoms with Crippen LogP contribution in [0.4, 0.5) is 14.9 Å². The van der Waals surface area contributed by atoms with Gasteiger partial charge in [0, 0.05) is 10.2 Å². The molecular formula is C15H14BrFN2O2. The zero-order valence-electron chi connectivity index (χ0n) is 11.1. The lowest BCUT2D eigenvalue weighted by atomic mass is 10.3. The number of benzene rings is 2. The van der Waals surface area contributed by atoms with Crippen LogP contribution in [0.25, 0.3) is 0 Å². The molecule has 2 aromatic rings. The van der Waals surface area contributed by atoms with Gasteiger partial charge in [0.1, 0.15) is 18.2 Å². The zero-order valence-corrected chi connectivity index (χ0v) is 12.7. The first-order chi connectivity index (χ1) is 10.1. The Kier molecular flexibility index (Phi) is 5.57. The monoisotopic (exact) mass is 352 g/mol. The van der Waals surface area contributed by atoms with E-state index in [1.165, 1.54) is 24.3 Å². The molecule has 0 saturated carbocycles. The van der Waals surface area contributed by atoms with Crippen LogP contribution in [0.3, 0.4) is 0 Å². The highest BCUT2D eigenvalue weighted by molar-refractivity contribution is 9.10. The van der Waals surface area contributed by atoms with Crippen LogP contribution in [-0.2, 0) is 0 Å². The van der Waals surface area contributed by atoms with Gasteiger partial charge >= 0.3 is 6.03 Å². The molecule has 0 spiro atoms. The number of rotatable bonds is 5. The maximum Gasteiger partial charge on any atom is 0.319 e. The van der Waals surface area contributed by atoms with Crippen LogP contribution in [0, 0.1) is 5.82 Å². The smallest absolute Gasteiger partial charge is 0.319 e. The summed E-state index contributed by atoms with van der Waals surface area (Å²) in [4.78, 5) is 11.6. The Balaban J connectivity index is 1.68. The highest BCUT2D eigenvalue weighted by atomic mass is 79.9. The fourth-order valence-electron chi connectivity index (χ4n) is 1.61. The summed E-state index contributed by atoms with van der Waals surface area (Å²) >= 11 is 3.33. The van der Waals surface area contributed by atoms with Crippen molar-refractivity contribution in [3.8, 4) is 5.75 Å². The largest absolute Gasteiger partial charge is 0.492 e. The van der Waals surface area contributed by atoms with Crippen LogP contribution in [0.2, 0.25) is 0 Å². The van der Waals surface area contributed by atoms with Crippen molar-refractivity contribution in [2.45, 2.75) is 0 Å².